The zero-order valence-electron chi connectivity index (χ0n) is 9.33. The Hall–Kier alpha value is -0.860. The first-order chi connectivity index (χ1) is 7.06. The van der Waals surface area contributed by atoms with Crippen molar-refractivity contribution in [3.8, 4) is 0 Å². The summed E-state index contributed by atoms with van der Waals surface area (Å²) in [5.74, 6) is 0.224. The highest BCUT2D eigenvalue weighted by atomic mass is 35.5. The van der Waals surface area contributed by atoms with Crippen molar-refractivity contribution >= 4 is 17.4 Å². The molecule has 1 aromatic carbocycles. The van der Waals surface area contributed by atoms with Crippen LogP contribution in [0.3, 0.4) is 0 Å². The van der Waals surface area contributed by atoms with E-state index in [0.717, 1.165) is 5.56 Å². The Bertz CT molecular complexity index is 332. The van der Waals surface area contributed by atoms with Crippen molar-refractivity contribution in [2.45, 2.75) is 19.4 Å². The van der Waals surface area contributed by atoms with Gasteiger partial charge < -0.3 is 0 Å². The number of ketones is 1. The van der Waals surface area contributed by atoms with E-state index in [0.29, 0.717) is 11.4 Å². The van der Waals surface area contributed by atoms with E-state index in [-0.39, 0.29) is 11.8 Å². The fraction of sp³-hybridized carbons (Fsp3) is 0.417. The van der Waals surface area contributed by atoms with Crippen molar-refractivity contribution in [2.75, 3.05) is 14.1 Å². The van der Waals surface area contributed by atoms with Crippen LogP contribution in [0.4, 0.5) is 0 Å². The third-order valence-corrected chi connectivity index (χ3v) is 2.61. The van der Waals surface area contributed by atoms with Gasteiger partial charge in [0.1, 0.15) is 0 Å². The molecule has 15 heavy (non-hydrogen) atoms. The lowest BCUT2D eigenvalue weighted by molar-refractivity contribution is -0.123. The summed E-state index contributed by atoms with van der Waals surface area (Å²) in [5, 5.41) is 0.695. The van der Waals surface area contributed by atoms with Gasteiger partial charge in [0.05, 0.1) is 6.04 Å². The minimum absolute atomic E-state index is 0.160. The summed E-state index contributed by atoms with van der Waals surface area (Å²) in [6.45, 7) is 1.88. The molecule has 0 aromatic heterocycles. The van der Waals surface area contributed by atoms with E-state index in [1.54, 1.807) is 0 Å². The molecule has 0 spiro atoms. The quantitative estimate of drug-likeness (QED) is 0.786. The summed E-state index contributed by atoms with van der Waals surface area (Å²) < 4.78 is 0. The van der Waals surface area contributed by atoms with E-state index >= 15 is 0 Å². The minimum Gasteiger partial charge on any atom is -0.298 e. The van der Waals surface area contributed by atoms with Gasteiger partial charge in [0.15, 0.2) is 5.78 Å². The molecule has 1 aromatic rings. The fourth-order valence-corrected chi connectivity index (χ4v) is 1.74. The van der Waals surface area contributed by atoms with Gasteiger partial charge >= 0.3 is 0 Å². The van der Waals surface area contributed by atoms with Crippen molar-refractivity contribution in [1.29, 1.82) is 0 Å². The van der Waals surface area contributed by atoms with E-state index < -0.39 is 0 Å². The van der Waals surface area contributed by atoms with E-state index in [9.17, 15) is 4.79 Å². The van der Waals surface area contributed by atoms with Crippen LogP contribution in [0, 0.1) is 0 Å². The van der Waals surface area contributed by atoms with Crippen LogP contribution in [-0.2, 0) is 4.79 Å². The van der Waals surface area contributed by atoms with E-state index in [4.69, 9.17) is 11.6 Å². The van der Waals surface area contributed by atoms with Gasteiger partial charge in [0.25, 0.3) is 0 Å². The van der Waals surface area contributed by atoms with Crippen LogP contribution >= 0.6 is 11.6 Å². The topological polar surface area (TPSA) is 20.3 Å². The summed E-state index contributed by atoms with van der Waals surface area (Å²) in [6, 6.07) is 7.28. The molecule has 82 valence electrons. The molecule has 0 radical (unpaired) electrons. The highest BCUT2D eigenvalue weighted by molar-refractivity contribution is 6.30. The normalized spacial score (nSPS) is 12.9. The van der Waals surface area contributed by atoms with Gasteiger partial charge in [-0.3, -0.25) is 9.69 Å². The zero-order chi connectivity index (χ0) is 11.4. The summed E-state index contributed by atoms with van der Waals surface area (Å²) in [5.41, 5.74) is 0.997. The molecule has 2 nitrogen and oxygen atoms in total. The second kappa shape index (κ2) is 5.29. The van der Waals surface area contributed by atoms with Crippen LogP contribution in [0.2, 0.25) is 5.02 Å². The van der Waals surface area contributed by atoms with E-state index in [1.807, 2.05) is 50.2 Å². The lowest BCUT2D eigenvalue weighted by atomic mass is 10.0. The molecule has 0 amide bonds. The van der Waals surface area contributed by atoms with Crippen LogP contribution < -0.4 is 0 Å². The standard InChI is InChI=1S/C12H16ClNO/c1-4-11(15)12(14(2)3)9-5-7-10(13)8-6-9/h5-8,12H,4H2,1-3H3. The first kappa shape index (κ1) is 12.2. The molecule has 1 unspecified atom stereocenters. The number of hydrogen-bond acceptors (Lipinski definition) is 2. The molecule has 0 saturated carbocycles. The maximum absolute atomic E-state index is 11.8. The molecule has 0 aliphatic rings. The van der Waals surface area contributed by atoms with Crippen molar-refractivity contribution in [3.63, 3.8) is 0 Å². The molecule has 1 atom stereocenters. The van der Waals surface area contributed by atoms with Gasteiger partial charge in [-0.1, -0.05) is 30.7 Å². The Morgan fingerprint density at radius 3 is 2.27 bits per heavy atom. The average molecular weight is 226 g/mol. The number of benzene rings is 1. The molecule has 3 heteroatoms. The molecule has 1 rings (SSSR count). The lowest BCUT2D eigenvalue weighted by Gasteiger charge is -2.22. The van der Waals surface area contributed by atoms with Crippen LogP contribution in [0.1, 0.15) is 24.9 Å². The average Bonchev–Trinajstić information content (AvgIpc) is 2.20. The Balaban J connectivity index is 2.99. The second-order valence-electron chi connectivity index (χ2n) is 3.74. The van der Waals surface area contributed by atoms with Crippen molar-refractivity contribution in [2.24, 2.45) is 0 Å². The molecule has 0 bridgehead atoms. The molecule has 0 heterocycles. The lowest BCUT2D eigenvalue weighted by Crippen LogP contribution is -2.27. The Morgan fingerprint density at radius 1 is 1.33 bits per heavy atom. The van der Waals surface area contributed by atoms with Crippen LogP contribution in [0.5, 0.6) is 0 Å². The number of carbonyl (C=O) groups is 1. The number of Topliss-reactive ketones (excluding diaryl/α,β-unsaturated/α-hetero) is 1. The van der Waals surface area contributed by atoms with Gasteiger partial charge in [-0.15, -0.1) is 0 Å². The fourth-order valence-electron chi connectivity index (χ4n) is 1.61. The van der Waals surface area contributed by atoms with Crippen LogP contribution in [-0.4, -0.2) is 24.8 Å². The summed E-state index contributed by atoms with van der Waals surface area (Å²) in [4.78, 5) is 13.7. The molecule has 0 aliphatic carbocycles. The molecular formula is C12H16ClNO. The number of carbonyl (C=O) groups excluding carboxylic acids is 1. The van der Waals surface area contributed by atoms with E-state index in [2.05, 4.69) is 0 Å². The SMILES string of the molecule is CCC(=O)C(c1ccc(Cl)cc1)N(C)C. The summed E-state index contributed by atoms with van der Waals surface area (Å²) >= 11 is 5.81. The highest BCUT2D eigenvalue weighted by Crippen LogP contribution is 2.22. The molecule has 0 fully saturated rings. The highest BCUT2D eigenvalue weighted by Gasteiger charge is 2.20. The largest absolute Gasteiger partial charge is 0.298 e. The predicted octanol–water partition coefficient (Wildman–Crippen LogP) is 2.92. The smallest absolute Gasteiger partial charge is 0.154 e. The Labute approximate surface area is 95.8 Å². The second-order valence-corrected chi connectivity index (χ2v) is 4.17. The third-order valence-electron chi connectivity index (χ3n) is 2.36. The maximum atomic E-state index is 11.8. The van der Waals surface area contributed by atoms with Gasteiger partial charge in [-0.25, -0.2) is 0 Å². The Morgan fingerprint density at radius 2 is 1.87 bits per heavy atom. The van der Waals surface area contributed by atoms with Crippen molar-refractivity contribution in [3.05, 3.63) is 34.9 Å². The van der Waals surface area contributed by atoms with Crippen LogP contribution in [0.25, 0.3) is 0 Å². The monoisotopic (exact) mass is 225 g/mol. The molecule has 0 saturated heterocycles. The summed E-state index contributed by atoms with van der Waals surface area (Å²) in [7, 11) is 3.82. The van der Waals surface area contributed by atoms with Gasteiger partial charge in [0, 0.05) is 11.4 Å². The molecule has 0 N–H and O–H groups in total. The molecule has 0 aliphatic heterocycles. The van der Waals surface area contributed by atoms with Gasteiger partial charge in [-0.05, 0) is 31.8 Å². The number of nitrogens with zero attached hydrogens (tertiary/aromatic N) is 1. The minimum atomic E-state index is -0.160. The van der Waals surface area contributed by atoms with Crippen molar-refractivity contribution in [1.82, 2.24) is 4.90 Å². The number of likely N-dealkylation sites (N-methyl/N-ethyl adjacent to an activating group) is 1. The Kier molecular flexibility index (Phi) is 4.30. The maximum Gasteiger partial charge on any atom is 0.154 e. The number of rotatable bonds is 4. The first-order valence-corrected chi connectivity index (χ1v) is 5.38. The van der Waals surface area contributed by atoms with Crippen molar-refractivity contribution < 1.29 is 4.79 Å². The number of halogens is 1. The first-order valence-electron chi connectivity index (χ1n) is 5.01. The third kappa shape index (κ3) is 3.05. The van der Waals surface area contributed by atoms with Gasteiger partial charge in [-0.2, -0.15) is 0 Å². The number of hydrogen-bond donors (Lipinski definition) is 0. The summed E-state index contributed by atoms with van der Waals surface area (Å²) in [6.07, 6.45) is 0.547. The van der Waals surface area contributed by atoms with Gasteiger partial charge in [0.2, 0.25) is 0 Å². The van der Waals surface area contributed by atoms with Crippen LogP contribution in [0.15, 0.2) is 24.3 Å². The predicted molar refractivity (Wildman–Crippen MR) is 63.2 cm³/mol. The molecular weight excluding hydrogens is 210 g/mol. The zero-order valence-corrected chi connectivity index (χ0v) is 10.1. The van der Waals surface area contributed by atoms with E-state index in [1.165, 1.54) is 0 Å².